The van der Waals surface area contributed by atoms with Crippen molar-refractivity contribution >= 4 is 45.6 Å². The molecular formula is C16H33NaO5S. The van der Waals surface area contributed by atoms with Crippen LogP contribution in [0.15, 0.2) is 0 Å². The van der Waals surface area contributed by atoms with E-state index in [0.717, 1.165) is 19.3 Å². The summed E-state index contributed by atoms with van der Waals surface area (Å²) in [4.78, 5) is 11.0. The van der Waals surface area contributed by atoms with E-state index in [1.165, 1.54) is 57.8 Å². The number of hydrogen-bond donors (Lipinski definition) is 1. The van der Waals surface area contributed by atoms with Crippen LogP contribution in [0.4, 0.5) is 0 Å². The Labute approximate surface area is 164 Å². The van der Waals surface area contributed by atoms with Gasteiger partial charge in [0.25, 0.3) is 10.1 Å². The minimum atomic E-state index is -4.27. The van der Waals surface area contributed by atoms with E-state index in [1.54, 1.807) is 0 Å². The molecule has 0 unspecified atom stereocenters. The molecule has 0 aliphatic rings. The first-order valence-electron chi connectivity index (χ1n) is 8.56. The van der Waals surface area contributed by atoms with Gasteiger partial charge in [-0.1, -0.05) is 77.6 Å². The second-order valence-corrected chi connectivity index (χ2v) is 7.29. The van der Waals surface area contributed by atoms with Crippen LogP contribution >= 0.6 is 0 Å². The summed E-state index contributed by atoms with van der Waals surface area (Å²) < 4.78 is 34.1. The monoisotopic (exact) mass is 360 g/mol. The zero-order valence-corrected chi connectivity index (χ0v) is 14.7. The van der Waals surface area contributed by atoms with Crippen LogP contribution in [0.5, 0.6) is 0 Å². The number of esters is 1. The van der Waals surface area contributed by atoms with E-state index in [4.69, 9.17) is 9.29 Å². The van der Waals surface area contributed by atoms with E-state index in [1.807, 2.05) is 0 Å². The molecule has 0 atom stereocenters. The summed E-state index contributed by atoms with van der Waals surface area (Å²) in [5.41, 5.74) is 0. The molecule has 7 heteroatoms. The molecule has 0 spiro atoms. The van der Waals surface area contributed by atoms with E-state index in [2.05, 4.69) is 6.92 Å². The predicted molar refractivity (Wildman–Crippen MR) is 95.6 cm³/mol. The van der Waals surface area contributed by atoms with Crippen molar-refractivity contribution in [3.05, 3.63) is 0 Å². The van der Waals surface area contributed by atoms with Crippen LogP contribution in [0, 0.1) is 0 Å². The number of ether oxygens (including phenoxy) is 1. The second kappa shape index (κ2) is 17.2. The third kappa shape index (κ3) is 22.4. The molecule has 134 valence electrons. The Morgan fingerprint density at radius 2 is 1.22 bits per heavy atom. The Bertz CT molecular complexity index is 371. The summed E-state index contributed by atoms with van der Waals surface area (Å²) in [5.74, 6) is -1.84. The number of carbonyl (C=O) groups is 1. The van der Waals surface area contributed by atoms with Gasteiger partial charge in [0.05, 0.1) is 6.61 Å². The molecule has 0 bridgehead atoms. The van der Waals surface area contributed by atoms with Crippen molar-refractivity contribution in [2.45, 2.75) is 84.0 Å². The third-order valence-electron chi connectivity index (χ3n) is 3.56. The molecule has 0 aromatic heterocycles. The van der Waals surface area contributed by atoms with E-state index < -0.39 is 21.8 Å². The van der Waals surface area contributed by atoms with Gasteiger partial charge in [-0.3, -0.25) is 9.35 Å². The van der Waals surface area contributed by atoms with Gasteiger partial charge in [-0.25, -0.2) is 0 Å². The molecule has 0 aromatic carbocycles. The van der Waals surface area contributed by atoms with Crippen LogP contribution in [-0.4, -0.2) is 60.9 Å². The van der Waals surface area contributed by atoms with Crippen molar-refractivity contribution in [2.24, 2.45) is 0 Å². The zero-order valence-electron chi connectivity index (χ0n) is 13.9. The first-order chi connectivity index (χ1) is 10.5. The van der Waals surface area contributed by atoms with Crippen molar-refractivity contribution in [2.75, 3.05) is 12.4 Å². The van der Waals surface area contributed by atoms with Gasteiger partial charge in [-0.2, -0.15) is 8.42 Å². The van der Waals surface area contributed by atoms with Crippen LogP contribution in [0.1, 0.15) is 84.0 Å². The van der Waals surface area contributed by atoms with Gasteiger partial charge in [0.1, 0.15) is 0 Å². The fourth-order valence-electron chi connectivity index (χ4n) is 2.32. The Hall–Kier alpha value is 0.380. The molecule has 0 radical (unpaired) electrons. The molecule has 0 saturated carbocycles. The summed E-state index contributed by atoms with van der Waals surface area (Å²) in [6, 6.07) is 0. The Morgan fingerprint density at radius 1 is 0.826 bits per heavy atom. The molecule has 23 heavy (non-hydrogen) atoms. The summed E-state index contributed by atoms with van der Waals surface area (Å²) in [6.07, 6.45) is 14.7. The number of unbranched alkanes of at least 4 members (excludes halogenated alkanes) is 11. The molecule has 0 aliphatic heterocycles. The standard InChI is InChI=1S/C16H32O5S.Na.H/c1-2-3-4-5-6-7-8-9-10-11-12-13-14-21-16(17)15-22(18,19)20;;/h2-15H2,1H3,(H,18,19,20);;. The quantitative estimate of drug-likeness (QED) is 0.209. The minimum absolute atomic E-state index is 0. The average molecular weight is 360 g/mol. The molecule has 0 saturated heterocycles. The second-order valence-electron chi connectivity index (χ2n) is 5.84. The van der Waals surface area contributed by atoms with E-state index in [0.29, 0.717) is 0 Å². The summed E-state index contributed by atoms with van der Waals surface area (Å²) in [5, 5.41) is 0. The number of hydrogen-bond acceptors (Lipinski definition) is 4. The van der Waals surface area contributed by atoms with Crippen LogP contribution in [0.2, 0.25) is 0 Å². The van der Waals surface area contributed by atoms with Crippen LogP contribution < -0.4 is 0 Å². The predicted octanol–water partition coefficient (Wildman–Crippen LogP) is 3.47. The number of rotatable bonds is 15. The van der Waals surface area contributed by atoms with Gasteiger partial charge in [-0.05, 0) is 6.42 Å². The molecule has 0 fully saturated rings. The van der Waals surface area contributed by atoms with Crippen molar-refractivity contribution in [1.82, 2.24) is 0 Å². The summed E-state index contributed by atoms with van der Waals surface area (Å²) in [6.45, 7) is 2.46. The molecule has 0 amide bonds. The van der Waals surface area contributed by atoms with Gasteiger partial charge in [0.2, 0.25) is 0 Å². The fourth-order valence-corrected chi connectivity index (χ4v) is 2.70. The molecular weight excluding hydrogens is 327 g/mol. The van der Waals surface area contributed by atoms with Crippen molar-refractivity contribution in [1.29, 1.82) is 0 Å². The molecule has 0 aliphatic carbocycles. The number of carbonyl (C=O) groups excluding carboxylic acids is 1. The molecule has 5 nitrogen and oxygen atoms in total. The van der Waals surface area contributed by atoms with Crippen molar-refractivity contribution in [3.8, 4) is 0 Å². The van der Waals surface area contributed by atoms with Gasteiger partial charge >= 0.3 is 35.5 Å². The van der Waals surface area contributed by atoms with Gasteiger partial charge in [-0.15, -0.1) is 0 Å². The van der Waals surface area contributed by atoms with Crippen LogP contribution in [-0.2, 0) is 19.6 Å². The van der Waals surface area contributed by atoms with Crippen molar-refractivity contribution in [3.63, 3.8) is 0 Å². The molecule has 0 aromatic rings. The maximum absolute atomic E-state index is 11.0. The normalized spacial score (nSPS) is 11.0. The van der Waals surface area contributed by atoms with Crippen molar-refractivity contribution < 1.29 is 22.5 Å². The van der Waals surface area contributed by atoms with E-state index in [9.17, 15) is 13.2 Å². The Kier molecular flexibility index (Phi) is 19.2. The van der Waals surface area contributed by atoms with Gasteiger partial charge in [0, 0.05) is 0 Å². The fraction of sp³-hybridized carbons (Fsp3) is 0.938. The summed E-state index contributed by atoms with van der Waals surface area (Å²) >= 11 is 0. The molecule has 0 heterocycles. The van der Waals surface area contributed by atoms with Gasteiger partial charge < -0.3 is 4.74 Å². The zero-order chi connectivity index (χ0) is 16.7. The average Bonchev–Trinajstić information content (AvgIpc) is 2.42. The van der Waals surface area contributed by atoms with Gasteiger partial charge in [0.15, 0.2) is 5.75 Å². The third-order valence-corrected chi connectivity index (χ3v) is 4.16. The summed E-state index contributed by atoms with van der Waals surface area (Å²) in [7, 11) is -4.27. The Morgan fingerprint density at radius 3 is 1.61 bits per heavy atom. The molecule has 0 rings (SSSR count). The maximum atomic E-state index is 11.0. The van der Waals surface area contributed by atoms with Crippen LogP contribution in [0.3, 0.4) is 0 Å². The first-order valence-corrected chi connectivity index (χ1v) is 10.2. The molecule has 1 N–H and O–H groups in total. The van der Waals surface area contributed by atoms with E-state index >= 15 is 0 Å². The van der Waals surface area contributed by atoms with Crippen LogP contribution in [0.25, 0.3) is 0 Å². The topological polar surface area (TPSA) is 80.7 Å². The Balaban J connectivity index is 0. The SMILES string of the molecule is CCCCCCCCCCCCCCOC(=O)CS(=O)(=O)O.[NaH]. The van der Waals surface area contributed by atoms with E-state index in [-0.39, 0.29) is 36.2 Å². The first kappa shape index (κ1) is 25.6.